The molecule has 0 bridgehead atoms. The molecular formula is C6H9NO3. The number of nitrogens with one attached hydrogen (secondary N) is 1. The molecule has 0 fully saturated rings. The number of ketones is 1. The zero-order valence-electron chi connectivity index (χ0n) is 5.88. The lowest BCUT2D eigenvalue weighted by atomic mass is 10.4. The molecule has 0 heterocycles. The summed E-state index contributed by atoms with van der Waals surface area (Å²) in [5.74, 6) is -0.163. The molecule has 10 heavy (non-hydrogen) atoms. The molecule has 0 aliphatic carbocycles. The van der Waals surface area contributed by atoms with E-state index in [0.717, 1.165) is 12.3 Å². The Morgan fingerprint density at radius 3 is 2.50 bits per heavy atom. The van der Waals surface area contributed by atoms with Crippen molar-refractivity contribution in [3.8, 4) is 0 Å². The standard InChI is InChI=1S/C6H9NO3/c1-5(8)3-4-10-6(9)7-2/h3-4H,1-2H3,(H,7,9)/b4-3+. The normalized spacial score (nSPS) is 9.40. The molecule has 0 atom stereocenters. The van der Waals surface area contributed by atoms with Crippen LogP contribution in [0.3, 0.4) is 0 Å². The van der Waals surface area contributed by atoms with Gasteiger partial charge in [0.05, 0.1) is 6.26 Å². The first kappa shape index (κ1) is 8.68. The topological polar surface area (TPSA) is 55.4 Å². The highest BCUT2D eigenvalue weighted by atomic mass is 16.5. The van der Waals surface area contributed by atoms with E-state index in [4.69, 9.17) is 0 Å². The number of rotatable bonds is 2. The molecule has 0 aromatic rings. The highest BCUT2D eigenvalue weighted by Gasteiger charge is 1.91. The second kappa shape index (κ2) is 4.55. The van der Waals surface area contributed by atoms with Gasteiger partial charge in [-0.05, 0) is 6.92 Å². The first-order chi connectivity index (χ1) is 4.66. The highest BCUT2D eigenvalue weighted by molar-refractivity contribution is 5.87. The van der Waals surface area contributed by atoms with Gasteiger partial charge in [0.1, 0.15) is 0 Å². The minimum Gasteiger partial charge on any atom is -0.418 e. The summed E-state index contributed by atoms with van der Waals surface area (Å²) in [6.07, 6.45) is 1.62. The number of hydrogen-bond donors (Lipinski definition) is 1. The predicted octanol–water partition coefficient (Wildman–Crippen LogP) is 0.445. The fourth-order valence-electron chi connectivity index (χ4n) is 0.251. The number of carbonyl (C=O) groups excluding carboxylic acids is 2. The summed E-state index contributed by atoms with van der Waals surface area (Å²) in [6.45, 7) is 1.36. The molecule has 0 aromatic heterocycles. The van der Waals surface area contributed by atoms with Crippen LogP contribution < -0.4 is 5.32 Å². The van der Waals surface area contributed by atoms with E-state index in [1.165, 1.54) is 14.0 Å². The molecule has 0 unspecified atom stereocenters. The van der Waals surface area contributed by atoms with Gasteiger partial charge < -0.3 is 10.1 Å². The van der Waals surface area contributed by atoms with Gasteiger partial charge in [-0.25, -0.2) is 4.79 Å². The third-order valence-corrected chi connectivity index (χ3v) is 0.682. The van der Waals surface area contributed by atoms with E-state index in [2.05, 4.69) is 10.1 Å². The molecule has 4 heteroatoms. The van der Waals surface area contributed by atoms with Crippen LogP contribution in [0.1, 0.15) is 6.92 Å². The van der Waals surface area contributed by atoms with Gasteiger partial charge in [-0.2, -0.15) is 0 Å². The first-order valence-corrected chi connectivity index (χ1v) is 2.72. The van der Waals surface area contributed by atoms with Gasteiger partial charge in [-0.1, -0.05) is 0 Å². The van der Waals surface area contributed by atoms with E-state index in [1.54, 1.807) is 0 Å². The summed E-state index contributed by atoms with van der Waals surface area (Å²) in [5, 5.41) is 2.21. The van der Waals surface area contributed by atoms with Crippen LogP contribution in [0.15, 0.2) is 12.3 Å². The van der Waals surface area contributed by atoms with Crippen LogP contribution in [0, 0.1) is 0 Å². The molecule has 56 valence electrons. The zero-order valence-corrected chi connectivity index (χ0v) is 5.88. The summed E-state index contributed by atoms with van der Waals surface area (Å²) < 4.78 is 4.35. The van der Waals surface area contributed by atoms with Crippen LogP contribution in [-0.4, -0.2) is 18.9 Å². The summed E-state index contributed by atoms with van der Waals surface area (Å²) in [6, 6.07) is 0. The van der Waals surface area contributed by atoms with Crippen molar-refractivity contribution in [1.82, 2.24) is 5.32 Å². The van der Waals surface area contributed by atoms with Gasteiger partial charge in [-0.15, -0.1) is 0 Å². The van der Waals surface area contributed by atoms with Crippen molar-refractivity contribution in [2.75, 3.05) is 7.05 Å². The fraction of sp³-hybridized carbons (Fsp3) is 0.333. The Hall–Kier alpha value is -1.32. The van der Waals surface area contributed by atoms with Crippen LogP contribution in [0.25, 0.3) is 0 Å². The molecule has 0 aliphatic rings. The molecule has 0 saturated heterocycles. The first-order valence-electron chi connectivity index (χ1n) is 2.72. The van der Waals surface area contributed by atoms with E-state index < -0.39 is 6.09 Å². The molecule has 4 nitrogen and oxygen atoms in total. The Bertz CT molecular complexity index is 162. The molecule has 0 spiro atoms. The van der Waals surface area contributed by atoms with E-state index in [9.17, 15) is 9.59 Å². The lowest BCUT2D eigenvalue weighted by molar-refractivity contribution is -0.112. The van der Waals surface area contributed by atoms with Crippen LogP contribution >= 0.6 is 0 Å². The number of hydrogen-bond acceptors (Lipinski definition) is 3. The number of allylic oxidation sites excluding steroid dienone is 1. The van der Waals surface area contributed by atoms with E-state index in [0.29, 0.717) is 0 Å². The minimum atomic E-state index is -0.586. The summed E-state index contributed by atoms with van der Waals surface area (Å²) >= 11 is 0. The van der Waals surface area contributed by atoms with Gasteiger partial charge in [0.2, 0.25) is 0 Å². The maximum atomic E-state index is 10.3. The molecular weight excluding hydrogens is 134 g/mol. The number of carbonyl (C=O) groups is 2. The third kappa shape index (κ3) is 4.83. The lowest BCUT2D eigenvalue weighted by Crippen LogP contribution is -2.16. The number of alkyl carbamates (subject to hydrolysis) is 1. The van der Waals surface area contributed by atoms with Crippen LogP contribution in [0.2, 0.25) is 0 Å². The Morgan fingerprint density at radius 2 is 2.10 bits per heavy atom. The minimum absolute atomic E-state index is 0.163. The van der Waals surface area contributed by atoms with Gasteiger partial charge >= 0.3 is 6.09 Å². The Morgan fingerprint density at radius 1 is 1.50 bits per heavy atom. The quantitative estimate of drug-likeness (QED) is 0.451. The Balaban J connectivity index is 3.53. The summed E-state index contributed by atoms with van der Waals surface area (Å²) in [5.41, 5.74) is 0. The molecule has 0 rings (SSSR count). The summed E-state index contributed by atoms with van der Waals surface area (Å²) in [4.78, 5) is 20.5. The maximum Gasteiger partial charge on any atom is 0.411 e. The van der Waals surface area contributed by atoms with Crippen LogP contribution in [-0.2, 0) is 9.53 Å². The molecule has 0 aliphatic heterocycles. The van der Waals surface area contributed by atoms with E-state index in [-0.39, 0.29) is 5.78 Å². The third-order valence-electron chi connectivity index (χ3n) is 0.682. The van der Waals surface area contributed by atoms with Crippen molar-refractivity contribution in [3.05, 3.63) is 12.3 Å². The lowest BCUT2D eigenvalue weighted by Gasteiger charge is -1.93. The van der Waals surface area contributed by atoms with Gasteiger partial charge in [-0.3, -0.25) is 4.79 Å². The summed E-state index contributed by atoms with van der Waals surface area (Å²) in [7, 11) is 1.43. The van der Waals surface area contributed by atoms with Crippen molar-refractivity contribution >= 4 is 11.9 Å². The Labute approximate surface area is 58.9 Å². The maximum absolute atomic E-state index is 10.3. The second-order valence-electron chi connectivity index (χ2n) is 1.57. The average Bonchev–Trinajstić information content (AvgIpc) is 1.87. The second-order valence-corrected chi connectivity index (χ2v) is 1.57. The number of ether oxygens (including phenoxy) is 1. The van der Waals surface area contributed by atoms with Crippen LogP contribution in [0.4, 0.5) is 4.79 Å². The van der Waals surface area contributed by atoms with Gasteiger partial charge in [0, 0.05) is 13.1 Å². The zero-order chi connectivity index (χ0) is 7.98. The van der Waals surface area contributed by atoms with Crippen molar-refractivity contribution in [2.45, 2.75) is 6.92 Å². The largest absolute Gasteiger partial charge is 0.418 e. The highest BCUT2D eigenvalue weighted by Crippen LogP contribution is 1.79. The van der Waals surface area contributed by atoms with Crippen molar-refractivity contribution < 1.29 is 14.3 Å². The fourth-order valence-corrected chi connectivity index (χ4v) is 0.251. The van der Waals surface area contributed by atoms with Crippen molar-refractivity contribution in [1.29, 1.82) is 0 Å². The smallest absolute Gasteiger partial charge is 0.411 e. The molecule has 1 N–H and O–H groups in total. The molecule has 1 amide bonds. The van der Waals surface area contributed by atoms with Crippen molar-refractivity contribution in [2.24, 2.45) is 0 Å². The van der Waals surface area contributed by atoms with E-state index in [1.807, 2.05) is 0 Å². The SMILES string of the molecule is CNC(=O)O/C=C/C(C)=O. The number of amides is 1. The van der Waals surface area contributed by atoms with Gasteiger partial charge in [0.25, 0.3) is 0 Å². The van der Waals surface area contributed by atoms with Gasteiger partial charge in [0.15, 0.2) is 5.78 Å². The monoisotopic (exact) mass is 143 g/mol. The van der Waals surface area contributed by atoms with Crippen LogP contribution in [0.5, 0.6) is 0 Å². The van der Waals surface area contributed by atoms with E-state index >= 15 is 0 Å². The molecule has 0 aromatic carbocycles. The Kier molecular flexibility index (Phi) is 3.95. The molecule has 0 radical (unpaired) electrons. The average molecular weight is 143 g/mol. The predicted molar refractivity (Wildman–Crippen MR) is 35.4 cm³/mol. The molecule has 0 saturated carbocycles. The van der Waals surface area contributed by atoms with Crippen molar-refractivity contribution in [3.63, 3.8) is 0 Å².